The fraction of sp³-hybridized carbons (Fsp3) is 0.333. The molecule has 0 aliphatic heterocycles. The highest BCUT2D eigenvalue weighted by Crippen LogP contribution is 2.30. The number of benzene rings is 1. The Morgan fingerprint density at radius 2 is 1.87 bits per heavy atom. The summed E-state index contributed by atoms with van der Waals surface area (Å²) in [6, 6.07) is 2.05. The van der Waals surface area contributed by atoms with Crippen molar-refractivity contribution in [2.45, 2.75) is 37.8 Å². The maximum absolute atomic E-state index is 14.1. The molecular formula is C21H21F2N5O2. The van der Waals surface area contributed by atoms with Gasteiger partial charge in [-0.15, -0.1) is 0 Å². The minimum Gasteiger partial charge on any atom is -0.497 e. The van der Waals surface area contributed by atoms with E-state index in [9.17, 15) is 13.6 Å². The topological polar surface area (TPSA) is 81.9 Å². The van der Waals surface area contributed by atoms with E-state index < -0.39 is 23.1 Å². The van der Waals surface area contributed by atoms with Crippen molar-refractivity contribution in [3.05, 3.63) is 60.3 Å². The van der Waals surface area contributed by atoms with Gasteiger partial charge in [0.25, 0.3) is 5.91 Å². The third kappa shape index (κ3) is 4.14. The number of rotatable bonds is 5. The zero-order valence-corrected chi connectivity index (χ0v) is 16.4. The highest BCUT2D eigenvalue weighted by molar-refractivity contribution is 5.95. The summed E-state index contributed by atoms with van der Waals surface area (Å²) in [6.07, 6.45) is 11.6. The summed E-state index contributed by atoms with van der Waals surface area (Å²) in [5.41, 5.74) is 1.07. The highest BCUT2D eigenvalue weighted by atomic mass is 19.1. The molecule has 0 radical (unpaired) electrons. The molecule has 1 aliphatic rings. The van der Waals surface area contributed by atoms with Crippen LogP contribution in [-0.4, -0.2) is 38.8 Å². The molecule has 1 saturated carbocycles. The van der Waals surface area contributed by atoms with E-state index in [2.05, 4.69) is 20.4 Å². The minimum absolute atomic E-state index is 0.0298. The average molecular weight is 413 g/mol. The molecule has 1 fully saturated rings. The van der Waals surface area contributed by atoms with Crippen molar-refractivity contribution in [3.8, 4) is 17.0 Å². The monoisotopic (exact) mass is 413 g/mol. The van der Waals surface area contributed by atoms with E-state index in [1.807, 2.05) is 10.9 Å². The molecule has 2 heterocycles. The van der Waals surface area contributed by atoms with Crippen LogP contribution in [0.15, 0.2) is 43.1 Å². The maximum Gasteiger partial charge on any atom is 0.257 e. The molecule has 4 rings (SSSR count). The number of carbonyl (C=O) groups is 1. The Bertz CT molecular complexity index is 1010. The lowest BCUT2D eigenvalue weighted by Gasteiger charge is -2.29. The number of aromatic nitrogens is 4. The van der Waals surface area contributed by atoms with Gasteiger partial charge >= 0.3 is 0 Å². The molecule has 0 saturated heterocycles. The van der Waals surface area contributed by atoms with Crippen LogP contribution in [0.2, 0.25) is 0 Å². The maximum atomic E-state index is 14.1. The van der Waals surface area contributed by atoms with Crippen LogP contribution in [0.3, 0.4) is 0 Å². The van der Waals surface area contributed by atoms with Gasteiger partial charge in [0.2, 0.25) is 0 Å². The summed E-state index contributed by atoms with van der Waals surface area (Å²) in [5, 5.41) is 7.19. The molecule has 30 heavy (non-hydrogen) atoms. The van der Waals surface area contributed by atoms with E-state index in [0.717, 1.165) is 36.2 Å². The number of carbonyl (C=O) groups excluding carboxylic acids is 1. The number of halogens is 2. The van der Waals surface area contributed by atoms with Gasteiger partial charge in [-0.25, -0.2) is 8.78 Å². The molecule has 7 nitrogen and oxygen atoms in total. The molecule has 0 unspecified atom stereocenters. The minimum atomic E-state index is -0.939. The average Bonchev–Trinajstić information content (AvgIpc) is 3.24. The molecule has 2 aromatic heterocycles. The van der Waals surface area contributed by atoms with Gasteiger partial charge in [-0.2, -0.15) is 5.10 Å². The predicted molar refractivity (Wildman–Crippen MR) is 105 cm³/mol. The van der Waals surface area contributed by atoms with Crippen molar-refractivity contribution in [1.29, 1.82) is 0 Å². The first kappa shape index (κ1) is 19.9. The Balaban J connectivity index is 1.36. The standard InChI is InChI=1S/C21H21F2N5O2/c1-30-16-8-17(22)20(18(23)9-16)21(29)27-14-2-4-15(5-3-14)28-12-13(10-26-28)19-11-24-6-7-25-19/h6-12,14-15H,2-5H2,1H3,(H,27,29). The molecule has 9 heteroatoms. The molecule has 3 aromatic rings. The summed E-state index contributed by atoms with van der Waals surface area (Å²) in [7, 11) is 1.31. The van der Waals surface area contributed by atoms with Crippen molar-refractivity contribution >= 4 is 5.91 Å². The normalized spacial score (nSPS) is 18.8. The SMILES string of the molecule is COc1cc(F)c(C(=O)NC2CCC(n3cc(-c4cnccn4)cn3)CC2)c(F)c1. The number of ether oxygens (including phenoxy) is 1. The summed E-state index contributed by atoms with van der Waals surface area (Å²) >= 11 is 0. The quantitative estimate of drug-likeness (QED) is 0.692. The number of hydrogen-bond donors (Lipinski definition) is 1. The van der Waals surface area contributed by atoms with Crippen molar-refractivity contribution in [2.24, 2.45) is 0 Å². The van der Waals surface area contributed by atoms with Crippen molar-refractivity contribution < 1.29 is 18.3 Å². The van der Waals surface area contributed by atoms with Gasteiger partial charge < -0.3 is 10.1 Å². The molecule has 0 atom stereocenters. The van der Waals surface area contributed by atoms with Crippen LogP contribution in [0.25, 0.3) is 11.3 Å². The summed E-state index contributed by atoms with van der Waals surface area (Å²) < 4.78 is 35.0. The lowest BCUT2D eigenvalue weighted by Crippen LogP contribution is -2.38. The first-order valence-corrected chi connectivity index (χ1v) is 9.69. The summed E-state index contributed by atoms with van der Waals surface area (Å²) in [4.78, 5) is 20.7. The van der Waals surface area contributed by atoms with Gasteiger partial charge in [0, 0.05) is 42.3 Å². The third-order valence-corrected chi connectivity index (χ3v) is 5.34. The Morgan fingerprint density at radius 1 is 1.13 bits per heavy atom. The van der Waals surface area contributed by atoms with Gasteiger partial charge in [-0.1, -0.05) is 0 Å². The molecule has 1 aromatic carbocycles. The fourth-order valence-corrected chi connectivity index (χ4v) is 3.75. The second-order valence-electron chi connectivity index (χ2n) is 7.24. The fourth-order valence-electron chi connectivity index (χ4n) is 3.75. The smallest absolute Gasteiger partial charge is 0.257 e. The highest BCUT2D eigenvalue weighted by Gasteiger charge is 2.27. The van der Waals surface area contributed by atoms with Crippen LogP contribution in [0.4, 0.5) is 8.78 Å². The molecule has 0 spiro atoms. The largest absolute Gasteiger partial charge is 0.497 e. The Labute approximate surface area is 172 Å². The van der Waals surface area contributed by atoms with Crippen LogP contribution in [0, 0.1) is 11.6 Å². The van der Waals surface area contributed by atoms with Crippen LogP contribution in [0.5, 0.6) is 5.75 Å². The zero-order chi connectivity index (χ0) is 21.1. The number of hydrogen-bond acceptors (Lipinski definition) is 5. The Morgan fingerprint density at radius 3 is 2.50 bits per heavy atom. The molecule has 1 N–H and O–H groups in total. The first-order chi connectivity index (χ1) is 14.5. The second kappa shape index (κ2) is 8.56. The van der Waals surface area contributed by atoms with E-state index in [1.54, 1.807) is 24.8 Å². The number of nitrogens with one attached hydrogen (secondary N) is 1. The van der Waals surface area contributed by atoms with Crippen LogP contribution in [-0.2, 0) is 0 Å². The molecule has 0 bridgehead atoms. The number of amides is 1. The lowest BCUT2D eigenvalue weighted by molar-refractivity contribution is 0.0913. The van der Waals surface area contributed by atoms with Crippen molar-refractivity contribution in [3.63, 3.8) is 0 Å². The lowest BCUT2D eigenvalue weighted by atomic mass is 9.91. The van der Waals surface area contributed by atoms with Gasteiger partial charge in [0.15, 0.2) is 0 Å². The molecular weight excluding hydrogens is 392 g/mol. The molecule has 156 valence electrons. The van der Waals surface area contributed by atoms with E-state index in [4.69, 9.17) is 4.74 Å². The summed E-state index contributed by atoms with van der Waals surface area (Å²) in [5.74, 6) is -2.60. The molecule has 1 amide bonds. The third-order valence-electron chi connectivity index (χ3n) is 5.34. The van der Waals surface area contributed by atoms with Gasteiger partial charge in [-0.05, 0) is 25.7 Å². The first-order valence-electron chi connectivity index (χ1n) is 9.69. The summed E-state index contributed by atoms with van der Waals surface area (Å²) in [6.45, 7) is 0. The van der Waals surface area contributed by atoms with Crippen LogP contribution in [0.1, 0.15) is 42.1 Å². The van der Waals surface area contributed by atoms with E-state index in [1.165, 1.54) is 7.11 Å². The van der Waals surface area contributed by atoms with E-state index in [0.29, 0.717) is 12.8 Å². The zero-order valence-electron chi connectivity index (χ0n) is 16.4. The van der Waals surface area contributed by atoms with Crippen molar-refractivity contribution in [2.75, 3.05) is 7.11 Å². The van der Waals surface area contributed by atoms with E-state index >= 15 is 0 Å². The number of methoxy groups -OCH3 is 1. The van der Waals surface area contributed by atoms with Crippen molar-refractivity contribution in [1.82, 2.24) is 25.1 Å². The number of nitrogens with zero attached hydrogens (tertiary/aromatic N) is 4. The second-order valence-corrected chi connectivity index (χ2v) is 7.24. The van der Waals surface area contributed by atoms with Gasteiger partial charge in [0.05, 0.1) is 31.2 Å². The van der Waals surface area contributed by atoms with Crippen LogP contribution >= 0.6 is 0 Å². The molecule has 1 aliphatic carbocycles. The predicted octanol–water partition coefficient (Wildman–Crippen LogP) is 3.54. The van der Waals surface area contributed by atoms with Gasteiger partial charge in [-0.3, -0.25) is 19.4 Å². The Kier molecular flexibility index (Phi) is 5.69. The van der Waals surface area contributed by atoms with Crippen LogP contribution < -0.4 is 10.1 Å². The van der Waals surface area contributed by atoms with E-state index in [-0.39, 0.29) is 17.8 Å². The van der Waals surface area contributed by atoms with Gasteiger partial charge in [0.1, 0.15) is 22.9 Å². The Hall–Kier alpha value is -3.36.